The van der Waals surface area contributed by atoms with Crippen molar-refractivity contribution in [3.63, 3.8) is 0 Å². The molecule has 0 saturated heterocycles. The average molecular weight is 231 g/mol. The molecule has 2 aromatic rings. The molecule has 0 radical (unpaired) electrons. The van der Waals surface area contributed by atoms with Crippen LogP contribution >= 0.6 is 0 Å². The highest BCUT2D eigenvalue weighted by Gasteiger charge is 2.02. The van der Waals surface area contributed by atoms with Crippen LogP contribution in [0.25, 0.3) is 0 Å². The van der Waals surface area contributed by atoms with Gasteiger partial charge in [0.2, 0.25) is 0 Å². The molecule has 0 aromatic heterocycles. The summed E-state index contributed by atoms with van der Waals surface area (Å²) >= 11 is 0. The molecule has 18 heavy (non-hydrogen) atoms. The summed E-state index contributed by atoms with van der Waals surface area (Å²) in [6.45, 7) is 3.98. The highest BCUT2D eigenvalue weighted by atomic mass is 14.2. The van der Waals surface area contributed by atoms with E-state index in [4.69, 9.17) is 5.26 Å². The lowest BCUT2D eigenvalue weighted by molar-refractivity contribution is 1.32. The Hall–Kier alpha value is -2.51. The molecule has 0 aliphatic rings. The maximum atomic E-state index is 8.90. The highest BCUT2D eigenvalue weighted by molar-refractivity contribution is 5.53. The summed E-state index contributed by atoms with van der Waals surface area (Å²) in [6.07, 6.45) is 0. The molecule has 0 aliphatic carbocycles. The molecule has 1 heteroatoms. The standard InChI is InChI=1S/C17H13N/c1-13-10-16(12-18)11-14(2)17(13)9-8-15-6-4-3-5-7-15/h3-7,10-11H,1-2H3. The zero-order valence-electron chi connectivity index (χ0n) is 10.5. The molecule has 0 saturated carbocycles. The zero-order valence-corrected chi connectivity index (χ0v) is 10.5. The lowest BCUT2D eigenvalue weighted by Gasteiger charge is -2.03. The average Bonchev–Trinajstić information content (AvgIpc) is 2.38. The second-order valence-corrected chi connectivity index (χ2v) is 4.21. The van der Waals surface area contributed by atoms with Gasteiger partial charge in [0.25, 0.3) is 0 Å². The van der Waals surface area contributed by atoms with Crippen LogP contribution in [-0.2, 0) is 0 Å². The van der Waals surface area contributed by atoms with Crippen molar-refractivity contribution < 1.29 is 0 Å². The number of rotatable bonds is 0. The molecule has 0 N–H and O–H groups in total. The molecule has 2 rings (SSSR count). The molecule has 0 fully saturated rings. The summed E-state index contributed by atoms with van der Waals surface area (Å²) in [7, 11) is 0. The number of benzene rings is 2. The van der Waals surface area contributed by atoms with E-state index in [2.05, 4.69) is 17.9 Å². The third-order valence-electron chi connectivity index (χ3n) is 2.77. The quantitative estimate of drug-likeness (QED) is 0.636. The topological polar surface area (TPSA) is 23.8 Å². The summed E-state index contributed by atoms with van der Waals surface area (Å²) in [4.78, 5) is 0. The summed E-state index contributed by atoms with van der Waals surface area (Å²) in [6, 6.07) is 15.8. The van der Waals surface area contributed by atoms with Crippen LogP contribution in [0.2, 0.25) is 0 Å². The largest absolute Gasteiger partial charge is 0.192 e. The first-order valence-corrected chi connectivity index (χ1v) is 5.79. The predicted octanol–water partition coefficient (Wildman–Crippen LogP) is 3.57. The highest BCUT2D eigenvalue weighted by Crippen LogP contribution is 2.15. The van der Waals surface area contributed by atoms with Gasteiger partial charge in [-0.3, -0.25) is 0 Å². The Morgan fingerprint density at radius 3 is 2.00 bits per heavy atom. The van der Waals surface area contributed by atoms with E-state index in [1.165, 1.54) is 0 Å². The smallest absolute Gasteiger partial charge is 0.0991 e. The van der Waals surface area contributed by atoms with Gasteiger partial charge in [0, 0.05) is 11.1 Å². The Morgan fingerprint density at radius 2 is 1.44 bits per heavy atom. The van der Waals surface area contributed by atoms with E-state index < -0.39 is 0 Å². The van der Waals surface area contributed by atoms with Crippen molar-refractivity contribution in [1.82, 2.24) is 0 Å². The van der Waals surface area contributed by atoms with E-state index in [9.17, 15) is 0 Å². The maximum Gasteiger partial charge on any atom is 0.0991 e. The van der Waals surface area contributed by atoms with E-state index in [0.29, 0.717) is 5.56 Å². The zero-order chi connectivity index (χ0) is 13.0. The number of nitrogens with zero attached hydrogens (tertiary/aromatic N) is 1. The van der Waals surface area contributed by atoms with Gasteiger partial charge in [-0.1, -0.05) is 30.0 Å². The molecule has 0 spiro atoms. The van der Waals surface area contributed by atoms with Crippen molar-refractivity contribution in [1.29, 1.82) is 5.26 Å². The molecule has 0 aliphatic heterocycles. The summed E-state index contributed by atoms with van der Waals surface area (Å²) in [5, 5.41) is 8.90. The third-order valence-corrected chi connectivity index (χ3v) is 2.77. The van der Waals surface area contributed by atoms with E-state index in [0.717, 1.165) is 22.3 Å². The monoisotopic (exact) mass is 231 g/mol. The third kappa shape index (κ3) is 2.59. The van der Waals surface area contributed by atoms with E-state index in [-0.39, 0.29) is 0 Å². The minimum absolute atomic E-state index is 0.690. The molecule has 0 amide bonds. The number of hydrogen-bond acceptors (Lipinski definition) is 1. The van der Waals surface area contributed by atoms with E-state index in [1.807, 2.05) is 56.3 Å². The summed E-state index contributed by atoms with van der Waals surface area (Å²) in [5.74, 6) is 6.34. The minimum Gasteiger partial charge on any atom is -0.192 e. The van der Waals surface area contributed by atoms with Crippen LogP contribution in [-0.4, -0.2) is 0 Å². The Bertz CT molecular complexity index is 641. The van der Waals surface area contributed by atoms with Crippen molar-refractivity contribution >= 4 is 0 Å². The second-order valence-electron chi connectivity index (χ2n) is 4.21. The Labute approximate surface area is 108 Å². The van der Waals surface area contributed by atoms with Gasteiger partial charge < -0.3 is 0 Å². The fraction of sp³-hybridized carbons (Fsp3) is 0.118. The van der Waals surface area contributed by atoms with Gasteiger partial charge in [-0.15, -0.1) is 0 Å². The van der Waals surface area contributed by atoms with Gasteiger partial charge in [0.1, 0.15) is 0 Å². The number of nitriles is 1. The van der Waals surface area contributed by atoms with Crippen molar-refractivity contribution in [3.05, 3.63) is 70.3 Å². The van der Waals surface area contributed by atoms with Gasteiger partial charge >= 0.3 is 0 Å². The summed E-state index contributed by atoms with van der Waals surface area (Å²) in [5.41, 5.74) is 4.80. The van der Waals surface area contributed by atoms with Crippen LogP contribution in [0.1, 0.15) is 27.8 Å². The molecular weight excluding hydrogens is 218 g/mol. The van der Waals surface area contributed by atoms with Crippen molar-refractivity contribution in [2.24, 2.45) is 0 Å². The molecule has 0 atom stereocenters. The first-order chi connectivity index (χ1) is 8.70. The Balaban J connectivity index is 2.43. The fourth-order valence-electron chi connectivity index (χ4n) is 1.88. The first-order valence-electron chi connectivity index (χ1n) is 5.79. The van der Waals surface area contributed by atoms with Crippen LogP contribution < -0.4 is 0 Å². The molecule has 0 heterocycles. The molecular formula is C17H13N. The van der Waals surface area contributed by atoms with Crippen LogP contribution in [0.3, 0.4) is 0 Å². The van der Waals surface area contributed by atoms with Crippen LogP contribution in [0, 0.1) is 37.0 Å². The van der Waals surface area contributed by atoms with Gasteiger partial charge in [0.05, 0.1) is 11.6 Å². The number of hydrogen-bond donors (Lipinski definition) is 0. The predicted molar refractivity (Wildman–Crippen MR) is 73.1 cm³/mol. The van der Waals surface area contributed by atoms with Gasteiger partial charge in [0.15, 0.2) is 0 Å². The molecule has 1 nitrogen and oxygen atoms in total. The van der Waals surface area contributed by atoms with Crippen LogP contribution in [0.5, 0.6) is 0 Å². The Kier molecular flexibility index (Phi) is 3.46. The van der Waals surface area contributed by atoms with Crippen molar-refractivity contribution in [2.75, 3.05) is 0 Å². The van der Waals surface area contributed by atoms with Crippen LogP contribution in [0.4, 0.5) is 0 Å². The lowest BCUT2D eigenvalue weighted by atomic mass is 10.00. The molecule has 86 valence electrons. The SMILES string of the molecule is Cc1cc(C#N)cc(C)c1C#Cc1ccccc1. The van der Waals surface area contributed by atoms with Crippen molar-refractivity contribution in [3.8, 4) is 17.9 Å². The minimum atomic E-state index is 0.690. The molecule has 2 aromatic carbocycles. The Morgan fingerprint density at radius 1 is 0.833 bits per heavy atom. The summed E-state index contributed by atoms with van der Waals surface area (Å²) < 4.78 is 0. The number of aryl methyl sites for hydroxylation is 2. The van der Waals surface area contributed by atoms with Gasteiger partial charge in [-0.05, 0) is 49.2 Å². The fourth-order valence-corrected chi connectivity index (χ4v) is 1.88. The van der Waals surface area contributed by atoms with E-state index >= 15 is 0 Å². The van der Waals surface area contributed by atoms with Crippen LogP contribution in [0.15, 0.2) is 42.5 Å². The molecule has 0 bridgehead atoms. The normalized spacial score (nSPS) is 9.17. The maximum absolute atomic E-state index is 8.90. The first kappa shape index (κ1) is 12.0. The van der Waals surface area contributed by atoms with Crippen molar-refractivity contribution in [2.45, 2.75) is 13.8 Å². The lowest BCUT2D eigenvalue weighted by Crippen LogP contribution is -1.90. The van der Waals surface area contributed by atoms with Gasteiger partial charge in [-0.25, -0.2) is 0 Å². The van der Waals surface area contributed by atoms with Gasteiger partial charge in [-0.2, -0.15) is 5.26 Å². The van der Waals surface area contributed by atoms with E-state index in [1.54, 1.807) is 0 Å². The molecule has 0 unspecified atom stereocenters. The second kappa shape index (κ2) is 5.21.